The Balaban J connectivity index is 1.65. The lowest BCUT2D eigenvalue weighted by Crippen LogP contribution is -2.31. The third-order valence-electron chi connectivity index (χ3n) is 4.20. The third kappa shape index (κ3) is 5.96. The normalized spacial score (nSPS) is 10.6. The zero-order valence-electron chi connectivity index (χ0n) is 16.5. The standard InChI is InChI=1S/C24H24N2O2S/c1-17(2)25-24(28)21-10-6-7-11-22(21)26-23(27)19-14-12-18(13-15-19)16-29-20-8-4-3-5-9-20/h3-15,17H,16H2,1-2H3,(H,25,28)(H,26,27). The first-order chi connectivity index (χ1) is 14.0. The first kappa shape index (κ1) is 20.7. The number of para-hydroxylation sites is 1. The average molecular weight is 405 g/mol. The van der Waals surface area contributed by atoms with Gasteiger partial charge in [0.1, 0.15) is 0 Å². The number of amides is 2. The molecular weight excluding hydrogens is 380 g/mol. The third-order valence-corrected chi connectivity index (χ3v) is 5.29. The van der Waals surface area contributed by atoms with Gasteiger partial charge in [0.05, 0.1) is 11.3 Å². The van der Waals surface area contributed by atoms with Crippen LogP contribution in [-0.2, 0) is 5.75 Å². The number of benzene rings is 3. The van der Waals surface area contributed by atoms with Crippen molar-refractivity contribution >= 4 is 29.3 Å². The number of anilines is 1. The predicted octanol–water partition coefficient (Wildman–Crippen LogP) is 5.37. The van der Waals surface area contributed by atoms with Crippen molar-refractivity contribution < 1.29 is 9.59 Å². The van der Waals surface area contributed by atoms with E-state index in [0.29, 0.717) is 16.8 Å². The van der Waals surface area contributed by atoms with Crippen LogP contribution >= 0.6 is 11.8 Å². The van der Waals surface area contributed by atoms with Crippen LogP contribution in [0.15, 0.2) is 83.8 Å². The highest BCUT2D eigenvalue weighted by molar-refractivity contribution is 7.98. The molecule has 2 N–H and O–H groups in total. The van der Waals surface area contributed by atoms with E-state index in [0.717, 1.165) is 11.3 Å². The van der Waals surface area contributed by atoms with E-state index < -0.39 is 0 Å². The number of hydrogen-bond donors (Lipinski definition) is 2. The van der Waals surface area contributed by atoms with Gasteiger partial charge in [-0.05, 0) is 55.8 Å². The molecule has 5 heteroatoms. The number of rotatable bonds is 7. The number of hydrogen-bond acceptors (Lipinski definition) is 3. The Hall–Kier alpha value is -3.05. The van der Waals surface area contributed by atoms with E-state index >= 15 is 0 Å². The van der Waals surface area contributed by atoms with Gasteiger partial charge in [-0.3, -0.25) is 9.59 Å². The van der Waals surface area contributed by atoms with Crippen LogP contribution in [0.4, 0.5) is 5.69 Å². The van der Waals surface area contributed by atoms with Gasteiger partial charge in [-0.1, -0.05) is 42.5 Å². The Morgan fingerprint density at radius 1 is 0.828 bits per heavy atom. The van der Waals surface area contributed by atoms with E-state index in [4.69, 9.17) is 0 Å². The Labute approximate surface area is 175 Å². The number of nitrogens with one attached hydrogen (secondary N) is 2. The summed E-state index contributed by atoms with van der Waals surface area (Å²) in [6.07, 6.45) is 0. The van der Waals surface area contributed by atoms with Gasteiger partial charge in [0.25, 0.3) is 11.8 Å². The molecule has 0 fully saturated rings. The van der Waals surface area contributed by atoms with Crippen LogP contribution in [0.3, 0.4) is 0 Å². The number of thioether (sulfide) groups is 1. The van der Waals surface area contributed by atoms with Crippen molar-refractivity contribution in [3.63, 3.8) is 0 Å². The van der Waals surface area contributed by atoms with Gasteiger partial charge in [-0.2, -0.15) is 0 Å². The highest BCUT2D eigenvalue weighted by Crippen LogP contribution is 2.23. The lowest BCUT2D eigenvalue weighted by molar-refractivity contribution is 0.0944. The van der Waals surface area contributed by atoms with Crippen molar-refractivity contribution in [1.82, 2.24) is 5.32 Å². The SMILES string of the molecule is CC(C)NC(=O)c1ccccc1NC(=O)c1ccc(CSc2ccccc2)cc1. The van der Waals surface area contributed by atoms with E-state index in [1.807, 2.05) is 56.3 Å². The van der Waals surface area contributed by atoms with E-state index in [-0.39, 0.29) is 17.9 Å². The van der Waals surface area contributed by atoms with Gasteiger partial charge in [0.2, 0.25) is 0 Å². The second-order valence-corrected chi connectivity index (χ2v) is 7.98. The fourth-order valence-electron chi connectivity index (χ4n) is 2.76. The average Bonchev–Trinajstić information content (AvgIpc) is 2.73. The monoisotopic (exact) mass is 404 g/mol. The zero-order valence-corrected chi connectivity index (χ0v) is 17.3. The molecule has 0 spiro atoms. The summed E-state index contributed by atoms with van der Waals surface area (Å²) < 4.78 is 0. The molecule has 0 radical (unpaired) electrons. The van der Waals surface area contributed by atoms with Crippen LogP contribution in [0, 0.1) is 0 Å². The first-order valence-electron chi connectivity index (χ1n) is 9.51. The van der Waals surface area contributed by atoms with Gasteiger partial charge in [-0.15, -0.1) is 11.8 Å². The topological polar surface area (TPSA) is 58.2 Å². The molecule has 2 amide bonds. The van der Waals surface area contributed by atoms with Crippen LogP contribution in [-0.4, -0.2) is 17.9 Å². The Morgan fingerprint density at radius 3 is 2.17 bits per heavy atom. The van der Waals surface area contributed by atoms with Crippen LogP contribution in [0.5, 0.6) is 0 Å². The van der Waals surface area contributed by atoms with Crippen LogP contribution < -0.4 is 10.6 Å². The fourth-order valence-corrected chi connectivity index (χ4v) is 3.64. The molecule has 4 nitrogen and oxygen atoms in total. The molecule has 0 saturated heterocycles. The number of carbonyl (C=O) groups excluding carboxylic acids is 2. The van der Waals surface area contributed by atoms with Crippen LogP contribution in [0.1, 0.15) is 40.1 Å². The smallest absolute Gasteiger partial charge is 0.255 e. The Bertz CT molecular complexity index is 970. The van der Waals surface area contributed by atoms with Crippen molar-refractivity contribution in [2.24, 2.45) is 0 Å². The molecular formula is C24H24N2O2S. The minimum atomic E-state index is -0.239. The quantitative estimate of drug-likeness (QED) is 0.521. The molecule has 0 saturated carbocycles. The van der Waals surface area contributed by atoms with Crippen molar-refractivity contribution in [1.29, 1.82) is 0 Å². The van der Waals surface area contributed by atoms with E-state index in [1.165, 1.54) is 4.90 Å². The van der Waals surface area contributed by atoms with Gasteiger partial charge in [-0.25, -0.2) is 0 Å². The maximum Gasteiger partial charge on any atom is 0.255 e. The zero-order chi connectivity index (χ0) is 20.6. The highest BCUT2D eigenvalue weighted by Gasteiger charge is 2.14. The van der Waals surface area contributed by atoms with E-state index in [2.05, 4.69) is 22.8 Å². The Kier molecular flexibility index (Phi) is 7.09. The maximum absolute atomic E-state index is 12.7. The van der Waals surface area contributed by atoms with Crippen molar-refractivity contribution in [2.75, 3.05) is 5.32 Å². The van der Waals surface area contributed by atoms with Gasteiger partial charge in [0.15, 0.2) is 0 Å². The summed E-state index contributed by atoms with van der Waals surface area (Å²) in [5.74, 6) is 0.394. The summed E-state index contributed by atoms with van der Waals surface area (Å²) in [5, 5.41) is 5.71. The molecule has 3 aromatic carbocycles. The molecule has 0 aliphatic heterocycles. The lowest BCUT2D eigenvalue weighted by Gasteiger charge is -2.13. The molecule has 3 aromatic rings. The summed E-state index contributed by atoms with van der Waals surface area (Å²) >= 11 is 1.76. The molecule has 0 unspecified atom stereocenters. The highest BCUT2D eigenvalue weighted by atomic mass is 32.2. The molecule has 0 aliphatic rings. The molecule has 0 aromatic heterocycles. The summed E-state index contributed by atoms with van der Waals surface area (Å²) in [6, 6.07) is 24.8. The molecule has 0 heterocycles. The minimum Gasteiger partial charge on any atom is -0.350 e. The van der Waals surface area contributed by atoms with Gasteiger partial charge in [0, 0.05) is 22.3 Å². The molecule has 3 rings (SSSR count). The fraction of sp³-hybridized carbons (Fsp3) is 0.167. The second-order valence-electron chi connectivity index (χ2n) is 6.93. The van der Waals surface area contributed by atoms with Crippen molar-refractivity contribution in [3.05, 3.63) is 95.6 Å². The summed E-state index contributed by atoms with van der Waals surface area (Å²) in [4.78, 5) is 26.2. The molecule has 29 heavy (non-hydrogen) atoms. The van der Waals surface area contributed by atoms with Crippen LogP contribution in [0.2, 0.25) is 0 Å². The number of carbonyl (C=O) groups is 2. The maximum atomic E-state index is 12.7. The Morgan fingerprint density at radius 2 is 1.48 bits per heavy atom. The minimum absolute atomic E-state index is 0.0209. The van der Waals surface area contributed by atoms with E-state index in [1.54, 1.807) is 36.0 Å². The predicted molar refractivity (Wildman–Crippen MR) is 119 cm³/mol. The van der Waals surface area contributed by atoms with Crippen molar-refractivity contribution in [2.45, 2.75) is 30.5 Å². The molecule has 0 aliphatic carbocycles. The molecule has 148 valence electrons. The van der Waals surface area contributed by atoms with Gasteiger partial charge < -0.3 is 10.6 Å². The van der Waals surface area contributed by atoms with E-state index in [9.17, 15) is 9.59 Å². The summed E-state index contributed by atoms with van der Waals surface area (Å²) in [7, 11) is 0. The van der Waals surface area contributed by atoms with Crippen molar-refractivity contribution in [3.8, 4) is 0 Å². The lowest BCUT2D eigenvalue weighted by atomic mass is 10.1. The molecule has 0 bridgehead atoms. The summed E-state index contributed by atoms with van der Waals surface area (Å²) in [5.41, 5.74) is 2.65. The summed E-state index contributed by atoms with van der Waals surface area (Å²) in [6.45, 7) is 3.80. The largest absolute Gasteiger partial charge is 0.350 e. The molecule has 0 atom stereocenters. The van der Waals surface area contributed by atoms with Gasteiger partial charge >= 0.3 is 0 Å². The van der Waals surface area contributed by atoms with Crippen LogP contribution in [0.25, 0.3) is 0 Å². The first-order valence-corrected chi connectivity index (χ1v) is 10.5. The second kappa shape index (κ2) is 9.94.